The normalized spacial score (nSPS) is 39.2. The van der Waals surface area contributed by atoms with Gasteiger partial charge in [0.05, 0.1) is 8.07 Å². The Morgan fingerprint density at radius 3 is 1.29 bits per heavy atom. The second-order valence-corrected chi connectivity index (χ2v) is 20.8. The lowest BCUT2D eigenvalue weighted by Crippen LogP contribution is -2.58. The summed E-state index contributed by atoms with van der Waals surface area (Å²) in [5, 5.41) is 1.67. The van der Waals surface area contributed by atoms with Crippen LogP contribution in [-0.4, -0.2) is 8.07 Å². The maximum absolute atomic E-state index is 2.83. The van der Waals surface area contributed by atoms with Crippen LogP contribution in [0.2, 0.25) is 17.6 Å². The van der Waals surface area contributed by atoms with Crippen molar-refractivity contribution in [3.8, 4) is 0 Å². The van der Waals surface area contributed by atoms with Crippen LogP contribution >= 0.6 is 0 Å². The lowest BCUT2D eigenvalue weighted by molar-refractivity contribution is 0.433. The van der Waals surface area contributed by atoms with Gasteiger partial charge in [0.1, 0.15) is 0 Å². The van der Waals surface area contributed by atoms with Gasteiger partial charge in [0.15, 0.2) is 0 Å². The first-order valence-corrected chi connectivity index (χ1v) is 19.2. The van der Waals surface area contributed by atoms with Crippen LogP contribution < -0.4 is 5.19 Å². The van der Waals surface area contributed by atoms with Crippen LogP contribution in [0.1, 0.15) is 41.5 Å². The third-order valence-electron chi connectivity index (χ3n) is 12.1. The first kappa shape index (κ1) is 28.1. The van der Waals surface area contributed by atoms with Crippen molar-refractivity contribution in [3.05, 3.63) is 127 Å². The summed E-state index contributed by atoms with van der Waals surface area (Å²) in [5.74, 6) is 4.70. The van der Waals surface area contributed by atoms with E-state index in [4.69, 9.17) is 0 Å². The van der Waals surface area contributed by atoms with E-state index < -0.39 is 8.07 Å². The molecule has 2 fully saturated rings. The molecule has 0 aliphatic heterocycles. The quantitative estimate of drug-likeness (QED) is 0.317. The molecule has 6 aliphatic rings. The fraction of sp³-hybridized carbons (Fsp3) is 0.463. The lowest BCUT2D eigenvalue weighted by Gasteiger charge is -2.49. The standard InChI is InChI=1S/C41H50Si/c1-40(2,3)27-21-23-32-33-24-22-28(41(4,5)6)26-37(33)39(36(32)25-27)42(7,29-15-9-8-10-16-29)38-34-19-13-11-17-30(34)31-18-12-14-20-35(31)38/h8-26,30-39H,1-7H3. The third kappa shape index (κ3) is 4.28. The van der Waals surface area contributed by atoms with Crippen LogP contribution in [0.5, 0.6) is 0 Å². The largest absolute Gasteiger partial charge is 0.0921 e. The molecule has 0 bridgehead atoms. The molecule has 9 unspecified atom stereocenters. The zero-order valence-corrected chi connectivity index (χ0v) is 27.7. The summed E-state index contributed by atoms with van der Waals surface area (Å²) >= 11 is 0. The van der Waals surface area contributed by atoms with Crippen LogP contribution in [0.4, 0.5) is 0 Å². The predicted octanol–water partition coefficient (Wildman–Crippen LogP) is 10.0. The van der Waals surface area contributed by atoms with Gasteiger partial charge < -0.3 is 0 Å². The van der Waals surface area contributed by atoms with Crippen LogP contribution in [0.25, 0.3) is 0 Å². The van der Waals surface area contributed by atoms with Crippen LogP contribution in [-0.2, 0) is 0 Å². The van der Waals surface area contributed by atoms with Crippen molar-refractivity contribution in [1.82, 2.24) is 0 Å². The van der Waals surface area contributed by atoms with Gasteiger partial charge in [-0.2, -0.15) is 0 Å². The van der Waals surface area contributed by atoms with Crippen LogP contribution in [0.3, 0.4) is 0 Å². The van der Waals surface area contributed by atoms with Crippen molar-refractivity contribution in [1.29, 1.82) is 0 Å². The second kappa shape index (κ2) is 9.95. The molecule has 2 saturated carbocycles. The molecule has 0 heterocycles. The van der Waals surface area contributed by atoms with E-state index >= 15 is 0 Å². The number of rotatable bonds is 3. The summed E-state index contributed by atoms with van der Waals surface area (Å²) < 4.78 is 0. The van der Waals surface area contributed by atoms with E-state index in [1.807, 2.05) is 0 Å². The summed E-state index contributed by atoms with van der Waals surface area (Å²) in [6.45, 7) is 17.2. The molecular formula is C41H50Si. The molecule has 42 heavy (non-hydrogen) atoms. The van der Waals surface area contributed by atoms with Crippen LogP contribution in [0, 0.1) is 58.2 Å². The van der Waals surface area contributed by atoms with Crippen molar-refractivity contribution < 1.29 is 0 Å². The van der Waals surface area contributed by atoms with Gasteiger partial charge in [0.25, 0.3) is 0 Å². The highest BCUT2D eigenvalue weighted by Crippen LogP contribution is 2.67. The minimum Gasteiger partial charge on any atom is -0.0808 e. The molecule has 0 amide bonds. The summed E-state index contributed by atoms with van der Waals surface area (Å²) in [7, 11) is -2.20. The minimum atomic E-state index is -2.20. The summed E-state index contributed by atoms with van der Waals surface area (Å²) in [6, 6.07) is 11.9. The average Bonchev–Trinajstić information content (AvgIpc) is 3.49. The molecule has 7 rings (SSSR count). The molecule has 0 spiro atoms. The Morgan fingerprint density at radius 1 is 0.476 bits per heavy atom. The molecule has 1 aromatic rings. The summed E-state index contributed by atoms with van der Waals surface area (Å²) in [5.41, 5.74) is 4.68. The topological polar surface area (TPSA) is 0 Å². The molecule has 0 aromatic heterocycles. The van der Waals surface area contributed by atoms with Gasteiger partial charge in [-0.25, -0.2) is 0 Å². The lowest BCUT2D eigenvalue weighted by atomic mass is 9.74. The zero-order valence-electron chi connectivity index (χ0n) is 26.7. The van der Waals surface area contributed by atoms with Gasteiger partial charge in [-0.15, -0.1) is 0 Å². The molecule has 6 aliphatic carbocycles. The Kier molecular flexibility index (Phi) is 6.67. The van der Waals surface area contributed by atoms with Crippen molar-refractivity contribution in [2.75, 3.05) is 0 Å². The Labute approximate surface area is 256 Å². The molecular weight excluding hydrogens is 521 g/mol. The maximum atomic E-state index is 2.83. The molecule has 9 atom stereocenters. The Balaban J connectivity index is 1.47. The Hall–Kier alpha value is -2.64. The molecule has 1 heteroatoms. The van der Waals surface area contributed by atoms with E-state index in [1.165, 1.54) is 11.1 Å². The minimum absolute atomic E-state index is 0.157. The number of hydrogen-bond donors (Lipinski definition) is 0. The van der Waals surface area contributed by atoms with Gasteiger partial charge in [-0.1, -0.05) is 169 Å². The smallest absolute Gasteiger partial charge is 0.0808 e. The van der Waals surface area contributed by atoms with Gasteiger partial charge in [-0.3, -0.25) is 0 Å². The fourth-order valence-corrected chi connectivity index (χ4v) is 16.8. The average molecular weight is 571 g/mol. The molecule has 0 N–H and O–H groups in total. The van der Waals surface area contributed by atoms with Crippen LogP contribution in [0.15, 0.2) is 127 Å². The molecule has 0 radical (unpaired) electrons. The highest BCUT2D eigenvalue weighted by molar-refractivity contribution is 6.93. The zero-order chi connectivity index (χ0) is 29.4. The van der Waals surface area contributed by atoms with Gasteiger partial charge in [0, 0.05) is 0 Å². The fourth-order valence-electron chi connectivity index (χ4n) is 10.2. The molecule has 0 nitrogen and oxygen atoms in total. The molecule has 0 saturated heterocycles. The van der Waals surface area contributed by atoms with E-state index in [0.717, 1.165) is 0 Å². The SMILES string of the molecule is CC(C)(C)C1=CC2C(C=C1)C1C=CC(C(C)(C)C)=CC1C2[Si](C)(c1ccccc1)C1C2C=CC=CC2C2C=CC=CC21. The first-order chi connectivity index (χ1) is 20.0. The van der Waals surface area contributed by atoms with Crippen molar-refractivity contribution >= 4 is 13.3 Å². The first-order valence-electron chi connectivity index (χ1n) is 16.6. The third-order valence-corrected chi connectivity index (χ3v) is 18.0. The van der Waals surface area contributed by atoms with Crippen molar-refractivity contribution in [3.63, 3.8) is 0 Å². The molecule has 218 valence electrons. The number of hydrogen-bond acceptors (Lipinski definition) is 0. The maximum Gasteiger partial charge on any atom is 0.0921 e. The Bertz CT molecular complexity index is 1370. The Morgan fingerprint density at radius 2 is 0.857 bits per heavy atom. The highest BCUT2D eigenvalue weighted by Gasteiger charge is 2.64. The second-order valence-electron chi connectivity index (χ2n) is 16.3. The van der Waals surface area contributed by atoms with E-state index in [2.05, 4.69) is 163 Å². The van der Waals surface area contributed by atoms with Crippen molar-refractivity contribution in [2.45, 2.75) is 59.2 Å². The molecule has 1 aromatic carbocycles. The van der Waals surface area contributed by atoms with E-state index in [9.17, 15) is 0 Å². The highest BCUT2D eigenvalue weighted by atomic mass is 28.3. The van der Waals surface area contributed by atoms with E-state index in [-0.39, 0.29) is 10.8 Å². The van der Waals surface area contributed by atoms with Crippen molar-refractivity contribution in [2.24, 2.45) is 58.2 Å². The number of allylic oxidation sites excluding steroid dienone is 16. The summed E-state index contributed by atoms with van der Waals surface area (Å²) in [4.78, 5) is 0. The number of fused-ring (bicyclic) bond motifs is 6. The van der Waals surface area contributed by atoms with Gasteiger partial charge >= 0.3 is 0 Å². The van der Waals surface area contributed by atoms with E-state index in [1.54, 1.807) is 5.19 Å². The summed E-state index contributed by atoms with van der Waals surface area (Å²) in [6.07, 6.45) is 35.5. The monoisotopic (exact) mass is 570 g/mol. The van der Waals surface area contributed by atoms with E-state index in [0.29, 0.717) is 58.4 Å². The number of benzene rings is 1. The predicted molar refractivity (Wildman–Crippen MR) is 183 cm³/mol. The van der Waals surface area contributed by atoms with Gasteiger partial charge in [-0.05, 0) is 80.4 Å². The van der Waals surface area contributed by atoms with Gasteiger partial charge in [0.2, 0.25) is 0 Å².